The van der Waals surface area contributed by atoms with Gasteiger partial charge in [0.1, 0.15) is 10.3 Å². The molecule has 1 atom stereocenters. The van der Waals surface area contributed by atoms with Crippen LogP contribution in [0.3, 0.4) is 0 Å². The summed E-state index contributed by atoms with van der Waals surface area (Å²) in [5.41, 5.74) is 3.31. The molecule has 1 aliphatic heterocycles. The summed E-state index contributed by atoms with van der Waals surface area (Å²) in [5, 5.41) is 0. The molecule has 1 fully saturated rings. The van der Waals surface area contributed by atoms with Crippen molar-refractivity contribution in [3.63, 3.8) is 0 Å². The number of amides is 1. The number of benzene rings is 1. The highest BCUT2D eigenvalue weighted by molar-refractivity contribution is 7.91. The van der Waals surface area contributed by atoms with Crippen molar-refractivity contribution in [2.24, 2.45) is 12.0 Å². The van der Waals surface area contributed by atoms with Gasteiger partial charge in [-0.25, -0.2) is 8.42 Å². The van der Waals surface area contributed by atoms with E-state index < -0.39 is 22.0 Å². The molecule has 0 bridgehead atoms. The maximum atomic E-state index is 13.0. The number of halogens is 1. The molecule has 3 aromatic rings. The quantitative estimate of drug-likeness (QED) is 0.584. The third kappa shape index (κ3) is 3.70. The number of fused-ring (bicyclic) bond motifs is 1. The summed E-state index contributed by atoms with van der Waals surface area (Å²) < 4.78 is 30.8. The number of thiophene rings is 1. The number of sulfonamides is 1. The molecule has 1 aromatic carbocycles. The third-order valence-electron chi connectivity index (χ3n) is 5.04. The van der Waals surface area contributed by atoms with Gasteiger partial charge in [0.15, 0.2) is 4.80 Å². The maximum absolute atomic E-state index is 13.0. The van der Waals surface area contributed by atoms with Crippen LogP contribution in [0.5, 0.6) is 0 Å². The largest absolute Gasteiger partial charge is 0.319 e. The van der Waals surface area contributed by atoms with E-state index in [-0.39, 0.29) is 4.21 Å². The summed E-state index contributed by atoms with van der Waals surface area (Å²) in [6.07, 6.45) is 1.09. The smallest absolute Gasteiger partial charge is 0.266 e. The maximum Gasteiger partial charge on any atom is 0.266 e. The number of hydrogen-bond acceptors (Lipinski definition) is 5. The van der Waals surface area contributed by atoms with Crippen LogP contribution in [0.15, 0.2) is 33.5 Å². The summed E-state index contributed by atoms with van der Waals surface area (Å²) in [6.45, 7) is 4.37. The van der Waals surface area contributed by atoms with Gasteiger partial charge < -0.3 is 4.57 Å². The molecule has 6 nitrogen and oxygen atoms in total. The number of thiazole rings is 1. The Morgan fingerprint density at radius 1 is 1.24 bits per heavy atom. The van der Waals surface area contributed by atoms with Crippen molar-refractivity contribution in [3.8, 4) is 0 Å². The molecule has 0 aliphatic carbocycles. The Labute approximate surface area is 182 Å². The normalized spacial score (nSPS) is 18.8. The molecule has 29 heavy (non-hydrogen) atoms. The number of hydrogen-bond donors (Lipinski definition) is 0. The lowest BCUT2D eigenvalue weighted by molar-refractivity contribution is -0.121. The van der Waals surface area contributed by atoms with E-state index in [1.54, 1.807) is 6.07 Å². The summed E-state index contributed by atoms with van der Waals surface area (Å²) >= 11 is 8.35. The van der Waals surface area contributed by atoms with Crippen molar-refractivity contribution in [1.82, 2.24) is 8.87 Å². The van der Waals surface area contributed by atoms with E-state index in [0.29, 0.717) is 28.5 Å². The Morgan fingerprint density at radius 3 is 2.69 bits per heavy atom. The number of rotatable bonds is 3. The number of aryl methyl sites for hydroxylation is 3. The third-order valence-corrected chi connectivity index (χ3v) is 9.73. The lowest BCUT2D eigenvalue weighted by Crippen LogP contribution is -2.40. The van der Waals surface area contributed by atoms with Crippen LogP contribution >= 0.6 is 34.3 Å². The molecule has 1 saturated heterocycles. The van der Waals surface area contributed by atoms with E-state index in [9.17, 15) is 13.2 Å². The highest BCUT2D eigenvalue weighted by atomic mass is 35.5. The standard InChI is InChI=1S/C19H20ClN3O3S3/c1-11-9-12(2)17-14(10-11)27-19(22(17)3)21-18(24)13-5-4-8-23(13)29(25,26)16-7-6-15(20)28-16/h6-7,9-10,13H,4-5,8H2,1-3H3. The highest BCUT2D eigenvalue weighted by Gasteiger charge is 2.40. The van der Waals surface area contributed by atoms with E-state index in [1.807, 2.05) is 25.5 Å². The zero-order chi connectivity index (χ0) is 20.9. The second kappa shape index (κ2) is 7.63. The van der Waals surface area contributed by atoms with E-state index in [0.717, 1.165) is 32.7 Å². The number of carbonyl (C=O) groups excluding carboxylic acids is 1. The first kappa shape index (κ1) is 20.7. The molecule has 0 N–H and O–H groups in total. The fourth-order valence-corrected chi connectivity index (χ4v) is 8.25. The number of aromatic nitrogens is 1. The predicted octanol–water partition coefficient (Wildman–Crippen LogP) is 3.85. The van der Waals surface area contributed by atoms with Gasteiger partial charge in [0.25, 0.3) is 15.9 Å². The van der Waals surface area contributed by atoms with Crippen molar-refractivity contribution >= 4 is 60.4 Å². The molecular weight excluding hydrogens is 450 g/mol. The SMILES string of the molecule is Cc1cc(C)c2c(c1)sc(=NC(=O)C1CCCN1S(=O)(=O)c1ccc(Cl)s1)n2C. The average molecular weight is 470 g/mol. The van der Waals surface area contributed by atoms with Crippen molar-refractivity contribution in [1.29, 1.82) is 0 Å². The van der Waals surface area contributed by atoms with Gasteiger partial charge in [-0.2, -0.15) is 9.30 Å². The number of carbonyl (C=O) groups is 1. The molecule has 0 spiro atoms. The zero-order valence-corrected chi connectivity index (χ0v) is 19.4. The van der Waals surface area contributed by atoms with Crippen molar-refractivity contribution in [3.05, 3.63) is 44.5 Å². The molecule has 154 valence electrons. The van der Waals surface area contributed by atoms with Crippen LogP contribution in [0.4, 0.5) is 0 Å². The van der Waals surface area contributed by atoms with Gasteiger partial charge in [-0.1, -0.05) is 29.0 Å². The fourth-order valence-electron chi connectivity index (χ4n) is 3.78. The van der Waals surface area contributed by atoms with Crippen molar-refractivity contribution < 1.29 is 13.2 Å². The van der Waals surface area contributed by atoms with E-state index in [1.165, 1.54) is 21.7 Å². The molecule has 1 unspecified atom stereocenters. The monoisotopic (exact) mass is 469 g/mol. The van der Waals surface area contributed by atoms with Crippen LogP contribution in [0.2, 0.25) is 4.34 Å². The van der Waals surface area contributed by atoms with Gasteiger partial charge in [0, 0.05) is 13.6 Å². The molecule has 2 aromatic heterocycles. The lowest BCUT2D eigenvalue weighted by Gasteiger charge is -2.20. The fraction of sp³-hybridized carbons (Fsp3) is 0.368. The van der Waals surface area contributed by atoms with Crippen LogP contribution in [-0.2, 0) is 21.9 Å². The molecule has 10 heteroatoms. The predicted molar refractivity (Wildman–Crippen MR) is 117 cm³/mol. The molecule has 3 heterocycles. The topological polar surface area (TPSA) is 71.7 Å². The Morgan fingerprint density at radius 2 is 2.00 bits per heavy atom. The zero-order valence-electron chi connectivity index (χ0n) is 16.2. The van der Waals surface area contributed by atoms with Crippen LogP contribution < -0.4 is 4.80 Å². The van der Waals surface area contributed by atoms with E-state index >= 15 is 0 Å². The first-order valence-corrected chi connectivity index (χ1v) is 12.6. The van der Waals surface area contributed by atoms with Gasteiger partial charge in [-0.15, -0.1) is 11.3 Å². The van der Waals surface area contributed by atoms with Gasteiger partial charge in [0.05, 0.1) is 14.6 Å². The summed E-state index contributed by atoms with van der Waals surface area (Å²) in [6, 6.07) is 6.42. The van der Waals surface area contributed by atoms with E-state index in [2.05, 4.69) is 17.1 Å². The van der Waals surface area contributed by atoms with Gasteiger partial charge in [-0.3, -0.25) is 4.79 Å². The lowest BCUT2D eigenvalue weighted by atomic mass is 10.1. The summed E-state index contributed by atoms with van der Waals surface area (Å²) in [4.78, 5) is 17.9. The Kier molecular flexibility index (Phi) is 5.45. The Hall–Kier alpha value is -1.52. The second-order valence-corrected chi connectivity index (χ2v) is 12.0. The first-order valence-electron chi connectivity index (χ1n) is 9.11. The second-order valence-electron chi connectivity index (χ2n) is 7.15. The minimum atomic E-state index is -3.77. The van der Waals surface area contributed by atoms with Gasteiger partial charge in [-0.05, 0) is 56.0 Å². The molecule has 4 rings (SSSR count). The minimum absolute atomic E-state index is 0.153. The highest BCUT2D eigenvalue weighted by Crippen LogP contribution is 2.32. The molecule has 1 amide bonds. The van der Waals surface area contributed by atoms with E-state index in [4.69, 9.17) is 11.6 Å². The summed E-state index contributed by atoms with van der Waals surface area (Å²) in [5.74, 6) is -0.426. The summed E-state index contributed by atoms with van der Waals surface area (Å²) in [7, 11) is -1.89. The van der Waals surface area contributed by atoms with Gasteiger partial charge >= 0.3 is 0 Å². The average Bonchev–Trinajstić information content (AvgIpc) is 3.35. The Bertz CT molecular complexity index is 1290. The first-order chi connectivity index (χ1) is 13.7. The molecule has 1 aliphatic rings. The Balaban J connectivity index is 1.72. The van der Waals surface area contributed by atoms with Gasteiger partial charge in [0.2, 0.25) is 0 Å². The van der Waals surface area contributed by atoms with Crippen molar-refractivity contribution in [2.45, 2.75) is 36.9 Å². The molecule has 0 saturated carbocycles. The molecule has 0 radical (unpaired) electrons. The number of nitrogens with zero attached hydrogens (tertiary/aromatic N) is 3. The minimum Gasteiger partial charge on any atom is -0.319 e. The van der Waals surface area contributed by atoms with Crippen LogP contribution in [0, 0.1) is 13.8 Å². The van der Waals surface area contributed by atoms with Crippen molar-refractivity contribution in [2.75, 3.05) is 6.54 Å². The molecular formula is C19H20ClN3O3S3. The van der Waals surface area contributed by atoms with Crippen LogP contribution in [-0.4, -0.2) is 35.8 Å². The van der Waals surface area contributed by atoms with Crippen LogP contribution in [0.25, 0.3) is 10.2 Å². The van der Waals surface area contributed by atoms with Crippen LogP contribution in [0.1, 0.15) is 24.0 Å².